The van der Waals surface area contributed by atoms with Crippen LogP contribution in [0.5, 0.6) is 0 Å². The smallest absolute Gasteiger partial charge is 0.304 e. The van der Waals surface area contributed by atoms with Crippen molar-refractivity contribution in [3.63, 3.8) is 0 Å². The number of carbonyl (C=O) groups is 1. The second kappa shape index (κ2) is 7.35. The predicted molar refractivity (Wildman–Crippen MR) is 76.7 cm³/mol. The van der Waals surface area contributed by atoms with Gasteiger partial charge in [0, 0.05) is 33.2 Å². The van der Waals surface area contributed by atoms with Crippen LogP contribution in [0.1, 0.15) is 19.3 Å². The Kier molecular flexibility index (Phi) is 6.38. The molecule has 118 valence electrons. The molecule has 0 amide bonds. The van der Waals surface area contributed by atoms with Crippen LogP contribution in [0.4, 0.5) is 0 Å². The van der Waals surface area contributed by atoms with Gasteiger partial charge in [-0.05, 0) is 32.9 Å². The molecule has 0 atom stereocenters. The number of hydrogen-bond donors (Lipinski definition) is 1. The maximum Gasteiger partial charge on any atom is 0.304 e. The van der Waals surface area contributed by atoms with E-state index in [0.717, 1.165) is 23.7 Å². The third-order valence-electron chi connectivity index (χ3n) is 3.56. The maximum absolute atomic E-state index is 12.3. The average Bonchev–Trinajstić information content (AvgIpc) is 2.35. The lowest BCUT2D eigenvalue weighted by atomic mass is 9.98. The Balaban J connectivity index is 2.51. The van der Waals surface area contributed by atoms with E-state index in [2.05, 4.69) is 4.90 Å². The Morgan fingerprint density at radius 1 is 1.25 bits per heavy atom. The molecular weight excluding hydrogens is 282 g/mol. The van der Waals surface area contributed by atoms with Gasteiger partial charge in [0.25, 0.3) is 10.2 Å². The zero-order chi connectivity index (χ0) is 15.3. The molecule has 20 heavy (non-hydrogen) atoms. The van der Waals surface area contributed by atoms with E-state index in [1.54, 1.807) is 0 Å². The van der Waals surface area contributed by atoms with Crippen molar-refractivity contribution in [3.8, 4) is 0 Å². The topological polar surface area (TPSA) is 81.2 Å². The molecule has 1 saturated heterocycles. The number of carboxylic acids is 1. The second-order valence-electron chi connectivity index (χ2n) is 5.58. The Morgan fingerprint density at radius 3 is 2.25 bits per heavy atom. The van der Waals surface area contributed by atoms with Crippen LogP contribution in [-0.2, 0) is 15.0 Å². The van der Waals surface area contributed by atoms with Gasteiger partial charge < -0.3 is 10.0 Å². The lowest BCUT2D eigenvalue weighted by Crippen LogP contribution is -2.47. The largest absolute Gasteiger partial charge is 0.481 e. The predicted octanol–water partition coefficient (Wildman–Crippen LogP) is -0.0887. The zero-order valence-corrected chi connectivity index (χ0v) is 13.3. The fourth-order valence-corrected chi connectivity index (χ4v) is 3.79. The summed E-state index contributed by atoms with van der Waals surface area (Å²) in [6.07, 6.45) is 1.53. The molecule has 0 aromatic carbocycles. The Labute approximate surface area is 121 Å². The summed E-state index contributed by atoms with van der Waals surface area (Å²) < 4.78 is 27.1. The van der Waals surface area contributed by atoms with E-state index in [1.807, 2.05) is 14.1 Å². The molecule has 0 radical (unpaired) electrons. The maximum atomic E-state index is 12.3. The standard InChI is InChI=1S/C12H25N3O4S/c1-13(2)10-11-4-8-15(9-5-11)20(18,19)14(3)7-6-12(16)17/h11H,4-10H2,1-3H3,(H,16,17). The summed E-state index contributed by atoms with van der Waals surface area (Å²) in [5, 5.41) is 8.62. The molecule has 0 aromatic heterocycles. The minimum absolute atomic E-state index is 0.00922. The fourth-order valence-electron chi connectivity index (χ4n) is 2.40. The molecular formula is C12H25N3O4S. The van der Waals surface area contributed by atoms with Crippen LogP contribution in [0.2, 0.25) is 0 Å². The number of carboxylic acid groups (broad SMARTS) is 1. The van der Waals surface area contributed by atoms with Gasteiger partial charge in [-0.2, -0.15) is 17.0 Å². The molecule has 1 heterocycles. The zero-order valence-electron chi connectivity index (χ0n) is 12.4. The van der Waals surface area contributed by atoms with E-state index < -0.39 is 16.2 Å². The monoisotopic (exact) mass is 307 g/mol. The van der Waals surface area contributed by atoms with Gasteiger partial charge in [-0.3, -0.25) is 4.79 Å². The van der Waals surface area contributed by atoms with E-state index in [1.165, 1.54) is 11.4 Å². The molecule has 1 fully saturated rings. The molecule has 0 saturated carbocycles. The minimum atomic E-state index is -3.52. The number of aliphatic carboxylic acids is 1. The van der Waals surface area contributed by atoms with E-state index in [4.69, 9.17) is 5.11 Å². The van der Waals surface area contributed by atoms with Gasteiger partial charge in [0.2, 0.25) is 0 Å². The van der Waals surface area contributed by atoms with Crippen molar-refractivity contribution < 1.29 is 18.3 Å². The highest BCUT2D eigenvalue weighted by Gasteiger charge is 2.31. The number of nitrogens with zero attached hydrogens (tertiary/aromatic N) is 3. The van der Waals surface area contributed by atoms with Gasteiger partial charge in [0.15, 0.2) is 0 Å². The first-order chi connectivity index (χ1) is 9.23. The van der Waals surface area contributed by atoms with E-state index in [-0.39, 0.29) is 13.0 Å². The van der Waals surface area contributed by atoms with Gasteiger partial charge in [0.1, 0.15) is 0 Å². The highest BCUT2D eigenvalue weighted by atomic mass is 32.2. The highest BCUT2D eigenvalue weighted by molar-refractivity contribution is 7.86. The van der Waals surface area contributed by atoms with Crippen molar-refractivity contribution in [1.29, 1.82) is 0 Å². The summed E-state index contributed by atoms with van der Waals surface area (Å²) in [7, 11) is 1.95. The molecule has 0 aliphatic carbocycles. The Bertz CT molecular complexity index is 416. The first-order valence-corrected chi connectivity index (χ1v) is 8.21. The average molecular weight is 307 g/mol. The molecule has 1 rings (SSSR count). The third-order valence-corrected chi connectivity index (χ3v) is 5.55. The van der Waals surface area contributed by atoms with Gasteiger partial charge in [-0.25, -0.2) is 0 Å². The normalized spacial score (nSPS) is 18.9. The van der Waals surface area contributed by atoms with Crippen molar-refractivity contribution in [2.45, 2.75) is 19.3 Å². The van der Waals surface area contributed by atoms with Gasteiger partial charge in [0.05, 0.1) is 6.42 Å². The summed E-state index contributed by atoms with van der Waals surface area (Å²) in [5.74, 6) is -0.461. The summed E-state index contributed by atoms with van der Waals surface area (Å²) in [6.45, 7) is 2.01. The van der Waals surface area contributed by atoms with Gasteiger partial charge >= 0.3 is 5.97 Å². The van der Waals surface area contributed by atoms with Crippen molar-refractivity contribution in [1.82, 2.24) is 13.5 Å². The van der Waals surface area contributed by atoms with E-state index >= 15 is 0 Å². The lowest BCUT2D eigenvalue weighted by molar-refractivity contribution is -0.137. The SMILES string of the molecule is CN(C)CC1CCN(S(=O)(=O)N(C)CCC(=O)O)CC1. The quantitative estimate of drug-likeness (QED) is 0.711. The fraction of sp³-hybridized carbons (Fsp3) is 0.917. The van der Waals surface area contributed by atoms with Crippen molar-refractivity contribution >= 4 is 16.2 Å². The molecule has 8 heteroatoms. The van der Waals surface area contributed by atoms with Crippen LogP contribution in [0.25, 0.3) is 0 Å². The van der Waals surface area contributed by atoms with E-state index in [9.17, 15) is 13.2 Å². The molecule has 1 aliphatic heterocycles. The number of hydrogen-bond acceptors (Lipinski definition) is 4. The van der Waals surface area contributed by atoms with Gasteiger partial charge in [-0.1, -0.05) is 0 Å². The van der Waals surface area contributed by atoms with Crippen molar-refractivity contribution in [3.05, 3.63) is 0 Å². The second-order valence-corrected chi connectivity index (χ2v) is 7.61. The minimum Gasteiger partial charge on any atom is -0.481 e. The molecule has 0 bridgehead atoms. The first-order valence-electron chi connectivity index (χ1n) is 6.81. The number of rotatable bonds is 7. The van der Waals surface area contributed by atoms with Crippen LogP contribution < -0.4 is 0 Å². The molecule has 0 aromatic rings. The van der Waals surface area contributed by atoms with Crippen LogP contribution in [0, 0.1) is 5.92 Å². The highest BCUT2D eigenvalue weighted by Crippen LogP contribution is 2.21. The van der Waals surface area contributed by atoms with Crippen molar-refractivity contribution in [2.75, 3.05) is 47.3 Å². The van der Waals surface area contributed by atoms with Crippen molar-refractivity contribution in [2.24, 2.45) is 5.92 Å². The summed E-state index contributed by atoms with van der Waals surface area (Å²) in [6, 6.07) is 0. The van der Waals surface area contributed by atoms with Crippen LogP contribution in [0.15, 0.2) is 0 Å². The molecule has 1 N–H and O–H groups in total. The van der Waals surface area contributed by atoms with Crippen LogP contribution in [-0.4, -0.2) is 80.3 Å². The first kappa shape index (κ1) is 17.4. The lowest BCUT2D eigenvalue weighted by Gasteiger charge is -2.34. The van der Waals surface area contributed by atoms with Crippen LogP contribution in [0.3, 0.4) is 0 Å². The Morgan fingerprint density at radius 2 is 1.80 bits per heavy atom. The summed E-state index contributed by atoms with van der Waals surface area (Å²) in [5.41, 5.74) is 0. The summed E-state index contributed by atoms with van der Waals surface area (Å²) in [4.78, 5) is 12.6. The summed E-state index contributed by atoms with van der Waals surface area (Å²) >= 11 is 0. The van der Waals surface area contributed by atoms with Crippen LogP contribution >= 0.6 is 0 Å². The Hall–Kier alpha value is -0.700. The molecule has 0 spiro atoms. The number of piperidine rings is 1. The molecule has 1 aliphatic rings. The molecule has 0 unspecified atom stereocenters. The molecule has 7 nitrogen and oxygen atoms in total. The van der Waals surface area contributed by atoms with Gasteiger partial charge in [-0.15, -0.1) is 0 Å². The third kappa shape index (κ3) is 5.01. The van der Waals surface area contributed by atoms with E-state index in [0.29, 0.717) is 19.0 Å².